The van der Waals surface area contributed by atoms with Crippen LogP contribution in [0.3, 0.4) is 0 Å². The summed E-state index contributed by atoms with van der Waals surface area (Å²) in [5.74, 6) is 0. The van der Waals surface area contributed by atoms with Crippen LogP contribution in [-0.2, 0) is 6.42 Å². The Kier molecular flexibility index (Phi) is 7.21. The van der Waals surface area contributed by atoms with Crippen molar-refractivity contribution in [2.75, 3.05) is 0 Å². The zero-order chi connectivity index (χ0) is 27.5. The van der Waals surface area contributed by atoms with Crippen molar-refractivity contribution < 1.29 is 0 Å². The maximum atomic E-state index is 2.40. The van der Waals surface area contributed by atoms with E-state index in [1.165, 1.54) is 66.4 Å². The molecule has 0 aliphatic heterocycles. The fraction of sp³-hybridized carbons (Fsp3) is 0.128. The smallest absolute Gasteiger partial charge is 0.0547 e. The van der Waals surface area contributed by atoms with Crippen LogP contribution in [0.1, 0.15) is 53.6 Å². The molecule has 0 saturated heterocycles. The van der Waals surface area contributed by atoms with Crippen LogP contribution >= 0.6 is 0 Å². The average Bonchev–Trinajstić information content (AvgIpc) is 3.33. The molecule has 0 bridgehead atoms. The van der Waals surface area contributed by atoms with Crippen LogP contribution in [-0.4, -0.2) is 4.57 Å². The standard InChI is InChI=1S/C39H35N/c1-4-6-13-30(21-19-29-20-22-31-14-10-11-15-32(31)26-29)33-23-25-37-36(27-33)39-35(12-5-2)28(3)18-24-38(39)40(37)34-16-8-7-9-17-34/h4-10,12-14,16-27H,11,15H2,1-3H3/b6-4+,12-5-,21-19-,30-13+. The van der Waals surface area contributed by atoms with Gasteiger partial charge in [0.05, 0.1) is 11.0 Å². The first-order chi connectivity index (χ1) is 19.7. The van der Waals surface area contributed by atoms with E-state index in [2.05, 4.69) is 159 Å². The minimum Gasteiger partial charge on any atom is -0.309 e. The van der Waals surface area contributed by atoms with Gasteiger partial charge in [0, 0.05) is 16.5 Å². The van der Waals surface area contributed by atoms with Gasteiger partial charge in [0.1, 0.15) is 0 Å². The number of hydrogen-bond donors (Lipinski definition) is 0. The minimum atomic E-state index is 1.12. The first kappa shape index (κ1) is 25.6. The topological polar surface area (TPSA) is 4.93 Å². The van der Waals surface area contributed by atoms with Crippen molar-refractivity contribution in [1.82, 2.24) is 4.57 Å². The molecular weight excluding hydrogens is 482 g/mol. The number of fused-ring (bicyclic) bond motifs is 4. The van der Waals surface area contributed by atoms with Crippen LogP contribution in [0.5, 0.6) is 0 Å². The molecule has 0 N–H and O–H groups in total. The van der Waals surface area contributed by atoms with Gasteiger partial charge in [-0.05, 0) is 103 Å². The SMILES string of the molecule is C/C=C\c1c(C)ccc2c1c1cc(C(/C=C\c3ccc4c(c3)CCC=C4)=C/C=C/C)ccc1n2-c1ccccc1. The second-order valence-electron chi connectivity index (χ2n) is 10.5. The molecule has 0 atom stereocenters. The molecule has 196 valence electrons. The molecule has 4 aromatic carbocycles. The van der Waals surface area contributed by atoms with E-state index in [4.69, 9.17) is 0 Å². The number of hydrogen-bond acceptors (Lipinski definition) is 0. The number of nitrogens with zero attached hydrogens (tertiary/aromatic N) is 1. The molecule has 1 nitrogen and oxygen atoms in total. The Hall–Kier alpha value is -4.62. The number of benzene rings is 4. The zero-order valence-electron chi connectivity index (χ0n) is 23.6. The second-order valence-corrected chi connectivity index (χ2v) is 10.5. The molecular formula is C39H35N. The van der Waals surface area contributed by atoms with E-state index < -0.39 is 0 Å². The molecule has 5 aromatic rings. The van der Waals surface area contributed by atoms with Crippen molar-refractivity contribution in [3.05, 3.63) is 149 Å². The van der Waals surface area contributed by atoms with Gasteiger partial charge in [-0.15, -0.1) is 0 Å². The fourth-order valence-corrected chi connectivity index (χ4v) is 5.85. The highest BCUT2D eigenvalue weighted by Crippen LogP contribution is 2.38. The molecule has 1 aromatic heterocycles. The maximum Gasteiger partial charge on any atom is 0.0547 e. The lowest BCUT2D eigenvalue weighted by Gasteiger charge is -2.11. The van der Waals surface area contributed by atoms with Crippen LogP contribution < -0.4 is 0 Å². The molecule has 6 rings (SSSR count). The third kappa shape index (κ3) is 4.80. The number of rotatable bonds is 6. The molecule has 0 spiro atoms. The summed E-state index contributed by atoms with van der Waals surface area (Å²) in [6, 6.07) is 28.9. The highest BCUT2D eigenvalue weighted by Gasteiger charge is 2.16. The van der Waals surface area contributed by atoms with Crippen LogP contribution in [0.2, 0.25) is 0 Å². The van der Waals surface area contributed by atoms with E-state index >= 15 is 0 Å². The highest BCUT2D eigenvalue weighted by molar-refractivity contribution is 6.14. The molecule has 1 aliphatic carbocycles. The molecule has 0 fully saturated rings. The van der Waals surface area contributed by atoms with Crippen LogP contribution in [0.4, 0.5) is 0 Å². The van der Waals surface area contributed by atoms with E-state index in [1.807, 2.05) is 0 Å². The molecule has 40 heavy (non-hydrogen) atoms. The molecule has 1 heteroatoms. The van der Waals surface area contributed by atoms with E-state index in [-0.39, 0.29) is 0 Å². The quantitative estimate of drug-likeness (QED) is 0.197. The monoisotopic (exact) mass is 517 g/mol. The molecule has 0 saturated carbocycles. The summed E-state index contributed by atoms with van der Waals surface area (Å²) in [7, 11) is 0. The Morgan fingerprint density at radius 3 is 2.50 bits per heavy atom. The summed E-state index contributed by atoms with van der Waals surface area (Å²) in [4.78, 5) is 0. The summed E-state index contributed by atoms with van der Waals surface area (Å²) in [5, 5.41) is 2.57. The average molecular weight is 518 g/mol. The van der Waals surface area contributed by atoms with Crippen molar-refractivity contribution in [2.45, 2.75) is 33.6 Å². The Labute approximate surface area is 237 Å². The van der Waals surface area contributed by atoms with Crippen LogP contribution in [0, 0.1) is 6.92 Å². The van der Waals surface area contributed by atoms with Crippen LogP contribution in [0.25, 0.3) is 51.3 Å². The summed E-state index contributed by atoms with van der Waals surface area (Å²) in [6.45, 7) is 6.37. The van der Waals surface area contributed by atoms with Crippen molar-refractivity contribution in [1.29, 1.82) is 0 Å². The van der Waals surface area contributed by atoms with Crippen molar-refractivity contribution in [3.8, 4) is 5.69 Å². The van der Waals surface area contributed by atoms with Gasteiger partial charge in [-0.3, -0.25) is 0 Å². The molecule has 0 amide bonds. The van der Waals surface area contributed by atoms with Gasteiger partial charge in [0.15, 0.2) is 0 Å². The number of allylic oxidation sites excluding steroid dienone is 7. The maximum absolute atomic E-state index is 2.40. The van der Waals surface area contributed by atoms with Crippen molar-refractivity contribution >= 4 is 45.6 Å². The Bertz CT molecular complexity index is 1850. The second kappa shape index (κ2) is 11.2. The summed E-state index contributed by atoms with van der Waals surface area (Å²) in [5.41, 5.74) is 12.6. The minimum absolute atomic E-state index is 1.12. The third-order valence-corrected chi connectivity index (χ3v) is 7.84. The summed E-state index contributed by atoms with van der Waals surface area (Å²) < 4.78 is 2.40. The van der Waals surface area contributed by atoms with E-state index in [9.17, 15) is 0 Å². The van der Waals surface area contributed by atoms with Gasteiger partial charge < -0.3 is 4.57 Å². The summed E-state index contributed by atoms with van der Waals surface area (Å²) in [6.07, 6.45) is 22.1. The van der Waals surface area contributed by atoms with Gasteiger partial charge in [-0.1, -0.05) is 103 Å². The lowest BCUT2D eigenvalue weighted by atomic mass is 9.94. The Morgan fingerprint density at radius 2 is 1.68 bits per heavy atom. The number of aromatic nitrogens is 1. The predicted octanol–water partition coefficient (Wildman–Crippen LogP) is 10.8. The Morgan fingerprint density at radius 1 is 0.825 bits per heavy atom. The molecule has 0 unspecified atom stereocenters. The fourth-order valence-electron chi connectivity index (χ4n) is 5.85. The summed E-state index contributed by atoms with van der Waals surface area (Å²) >= 11 is 0. The normalized spacial score (nSPS) is 13.9. The molecule has 1 aliphatic rings. The van der Waals surface area contributed by atoms with Crippen molar-refractivity contribution in [3.63, 3.8) is 0 Å². The van der Waals surface area contributed by atoms with E-state index in [0.717, 1.165) is 12.8 Å². The highest BCUT2D eigenvalue weighted by atomic mass is 15.0. The van der Waals surface area contributed by atoms with Gasteiger partial charge in [-0.25, -0.2) is 0 Å². The first-order valence-electron chi connectivity index (χ1n) is 14.2. The lowest BCUT2D eigenvalue weighted by molar-refractivity contribution is 0.985. The van der Waals surface area contributed by atoms with E-state index in [1.54, 1.807) is 0 Å². The zero-order valence-corrected chi connectivity index (χ0v) is 23.6. The van der Waals surface area contributed by atoms with Gasteiger partial charge >= 0.3 is 0 Å². The predicted molar refractivity (Wildman–Crippen MR) is 176 cm³/mol. The van der Waals surface area contributed by atoms with Crippen LogP contribution in [0.15, 0.2) is 115 Å². The third-order valence-electron chi connectivity index (χ3n) is 7.84. The largest absolute Gasteiger partial charge is 0.309 e. The Balaban J connectivity index is 1.53. The number of para-hydroxylation sites is 1. The van der Waals surface area contributed by atoms with Crippen molar-refractivity contribution in [2.24, 2.45) is 0 Å². The molecule has 0 radical (unpaired) electrons. The lowest BCUT2D eigenvalue weighted by Crippen LogP contribution is -1.94. The first-order valence-corrected chi connectivity index (χ1v) is 14.2. The molecule has 1 heterocycles. The number of aryl methyl sites for hydroxylation is 2. The van der Waals surface area contributed by atoms with E-state index in [0.29, 0.717) is 0 Å². The van der Waals surface area contributed by atoms with Gasteiger partial charge in [0.2, 0.25) is 0 Å². The van der Waals surface area contributed by atoms with Gasteiger partial charge in [0.25, 0.3) is 0 Å². The van der Waals surface area contributed by atoms with Gasteiger partial charge in [-0.2, -0.15) is 0 Å².